The van der Waals surface area contributed by atoms with Crippen LogP contribution in [0.2, 0.25) is 5.02 Å². The van der Waals surface area contributed by atoms with Gasteiger partial charge in [0.2, 0.25) is 10.0 Å². The van der Waals surface area contributed by atoms with Crippen LogP contribution in [0.3, 0.4) is 0 Å². The van der Waals surface area contributed by atoms with Gasteiger partial charge in [-0.15, -0.1) is 0 Å². The molecule has 10 heteroatoms. The van der Waals surface area contributed by atoms with Crippen molar-refractivity contribution >= 4 is 33.5 Å². The molecule has 0 unspecified atom stereocenters. The summed E-state index contributed by atoms with van der Waals surface area (Å²) in [6, 6.07) is 1.33. The first-order valence-corrected chi connectivity index (χ1v) is 9.27. The van der Waals surface area contributed by atoms with Crippen LogP contribution in [0.5, 0.6) is 5.75 Å². The van der Waals surface area contributed by atoms with Crippen LogP contribution >= 0.6 is 11.6 Å². The van der Waals surface area contributed by atoms with Crippen molar-refractivity contribution in [3.05, 3.63) is 22.7 Å². The summed E-state index contributed by atoms with van der Waals surface area (Å²) in [6.45, 7) is 0.0753. The second kappa shape index (κ2) is 7.19. The average molecular weight is 391 g/mol. The molecule has 1 fully saturated rings. The molecule has 1 amide bonds. The normalized spacial score (nSPS) is 18.2. The Kier molecular flexibility index (Phi) is 5.60. The lowest BCUT2D eigenvalue weighted by Crippen LogP contribution is -2.40. The van der Waals surface area contributed by atoms with Gasteiger partial charge in [-0.3, -0.25) is 9.59 Å². The lowest BCUT2D eigenvalue weighted by Gasteiger charge is -2.23. The molecule has 0 aromatic heterocycles. The number of carbonyl (C=O) groups is 2. The topological polar surface area (TPSA) is 104 Å². The molecular weight excluding hydrogens is 372 g/mol. The minimum Gasteiger partial charge on any atom is -0.494 e. The maximum absolute atomic E-state index is 13.0. The summed E-state index contributed by atoms with van der Waals surface area (Å²) in [5, 5.41) is 9.30. The van der Waals surface area contributed by atoms with Gasteiger partial charge in [0.15, 0.2) is 5.75 Å². The number of rotatable bonds is 5. The van der Waals surface area contributed by atoms with E-state index in [-0.39, 0.29) is 34.2 Å². The van der Waals surface area contributed by atoms with Crippen LogP contribution in [0.25, 0.3) is 0 Å². The number of halogens is 1. The summed E-state index contributed by atoms with van der Waals surface area (Å²) < 4.78 is 32.1. The van der Waals surface area contributed by atoms with Crippen LogP contribution in [0.4, 0.5) is 0 Å². The Morgan fingerprint density at radius 3 is 2.52 bits per heavy atom. The summed E-state index contributed by atoms with van der Waals surface area (Å²) in [5.41, 5.74) is -0.00959. The average Bonchev–Trinajstić information content (AvgIpc) is 3.03. The first kappa shape index (κ1) is 19.5. The zero-order chi connectivity index (χ0) is 18.9. The van der Waals surface area contributed by atoms with Crippen LogP contribution < -0.4 is 4.74 Å². The molecule has 1 atom stereocenters. The summed E-state index contributed by atoms with van der Waals surface area (Å²) in [7, 11) is 0.0592. The molecule has 138 valence electrons. The zero-order valence-corrected chi connectivity index (χ0v) is 15.6. The van der Waals surface area contributed by atoms with Gasteiger partial charge in [0.05, 0.1) is 12.7 Å². The van der Waals surface area contributed by atoms with E-state index in [1.54, 1.807) is 0 Å². The number of carboxylic acids is 1. The number of hydrogen-bond donors (Lipinski definition) is 1. The summed E-state index contributed by atoms with van der Waals surface area (Å²) in [5.74, 6) is -1.85. The van der Waals surface area contributed by atoms with Gasteiger partial charge in [-0.1, -0.05) is 11.6 Å². The van der Waals surface area contributed by atoms with Crippen molar-refractivity contribution < 1.29 is 27.9 Å². The van der Waals surface area contributed by atoms with Gasteiger partial charge in [-0.05, 0) is 25.0 Å². The van der Waals surface area contributed by atoms with E-state index < -0.39 is 27.9 Å². The molecule has 1 aliphatic heterocycles. The summed E-state index contributed by atoms with van der Waals surface area (Å²) in [6.07, 6.45) is 0.656. The van der Waals surface area contributed by atoms with Gasteiger partial charge in [0.25, 0.3) is 5.91 Å². The second-order valence-electron chi connectivity index (χ2n) is 5.80. The number of amides is 1. The minimum absolute atomic E-state index is 0.00959. The van der Waals surface area contributed by atoms with E-state index in [1.165, 1.54) is 38.2 Å². The van der Waals surface area contributed by atoms with Crippen LogP contribution in [-0.4, -0.2) is 68.4 Å². The number of aliphatic carboxylic acids is 1. The number of carbonyl (C=O) groups excluding carboxylic acids is 1. The molecule has 1 saturated heterocycles. The smallest absolute Gasteiger partial charge is 0.322 e. The van der Waals surface area contributed by atoms with Crippen LogP contribution in [0, 0.1) is 0 Å². The lowest BCUT2D eigenvalue weighted by atomic mass is 10.2. The molecule has 25 heavy (non-hydrogen) atoms. The Bertz CT molecular complexity index is 808. The van der Waals surface area contributed by atoms with E-state index >= 15 is 0 Å². The number of sulfonamides is 1. The fraction of sp³-hybridized carbons (Fsp3) is 0.467. The quantitative estimate of drug-likeness (QED) is 0.812. The predicted molar refractivity (Wildman–Crippen MR) is 90.6 cm³/mol. The standard InChI is InChI=1S/C15H19ClN2O6S/c1-17(2)14(19)10-7-9(16)8-12(13(10)24-3)25(22,23)18-6-4-5-11(18)15(20)21/h7-8,11H,4-6H2,1-3H3,(H,20,21)/t11-/m0/s1. The number of hydrogen-bond acceptors (Lipinski definition) is 5. The van der Waals surface area contributed by atoms with Crippen molar-refractivity contribution in [2.24, 2.45) is 0 Å². The number of carboxylic acid groups (broad SMARTS) is 1. The lowest BCUT2D eigenvalue weighted by molar-refractivity contribution is -0.140. The minimum atomic E-state index is -4.21. The fourth-order valence-corrected chi connectivity index (χ4v) is 4.91. The van der Waals surface area contributed by atoms with Crippen molar-refractivity contribution in [3.8, 4) is 5.75 Å². The van der Waals surface area contributed by atoms with Crippen LogP contribution in [0.1, 0.15) is 23.2 Å². The van der Waals surface area contributed by atoms with Crippen molar-refractivity contribution in [1.29, 1.82) is 0 Å². The van der Waals surface area contributed by atoms with Crippen molar-refractivity contribution in [2.45, 2.75) is 23.8 Å². The maximum atomic E-state index is 13.0. The molecule has 1 aliphatic rings. The Morgan fingerprint density at radius 1 is 1.36 bits per heavy atom. The largest absolute Gasteiger partial charge is 0.494 e. The zero-order valence-electron chi connectivity index (χ0n) is 14.0. The van der Waals surface area contributed by atoms with E-state index in [2.05, 4.69) is 0 Å². The Morgan fingerprint density at radius 2 is 2.00 bits per heavy atom. The van der Waals surface area contributed by atoms with Crippen LogP contribution in [-0.2, 0) is 14.8 Å². The van der Waals surface area contributed by atoms with Gasteiger partial charge in [0.1, 0.15) is 10.9 Å². The summed E-state index contributed by atoms with van der Waals surface area (Å²) >= 11 is 6.01. The molecule has 1 aromatic carbocycles. The van der Waals surface area contributed by atoms with Gasteiger partial charge >= 0.3 is 5.97 Å². The molecule has 0 aliphatic carbocycles. The third-order valence-corrected chi connectivity index (χ3v) is 6.07. The first-order valence-electron chi connectivity index (χ1n) is 7.45. The molecule has 0 saturated carbocycles. The predicted octanol–water partition coefficient (Wildman–Crippen LogP) is 1.29. The third kappa shape index (κ3) is 3.58. The van der Waals surface area contributed by atoms with Crippen molar-refractivity contribution in [2.75, 3.05) is 27.7 Å². The highest BCUT2D eigenvalue weighted by Gasteiger charge is 2.41. The highest BCUT2D eigenvalue weighted by molar-refractivity contribution is 7.89. The Balaban J connectivity index is 2.65. The van der Waals surface area contributed by atoms with E-state index in [4.69, 9.17) is 16.3 Å². The maximum Gasteiger partial charge on any atom is 0.322 e. The summed E-state index contributed by atoms with van der Waals surface area (Å²) in [4.78, 5) is 24.6. The van der Waals surface area contributed by atoms with E-state index in [0.29, 0.717) is 6.42 Å². The monoisotopic (exact) mass is 390 g/mol. The highest BCUT2D eigenvalue weighted by Crippen LogP contribution is 2.36. The molecule has 1 N–H and O–H groups in total. The van der Waals surface area contributed by atoms with E-state index in [1.807, 2.05) is 0 Å². The number of ether oxygens (including phenoxy) is 1. The molecule has 0 spiro atoms. The van der Waals surface area contributed by atoms with E-state index in [9.17, 15) is 23.1 Å². The van der Waals surface area contributed by atoms with Gasteiger partial charge in [-0.25, -0.2) is 8.42 Å². The first-order chi connectivity index (χ1) is 11.6. The van der Waals surface area contributed by atoms with Gasteiger partial charge in [-0.2, -0.15) is 4.31 Å². The second-order valence-corrected chi connectivity index (χ2v) is 8.09. The molecule has 1 aromatic rings. The van der Waals surface area contributed by atoms with Crippen molar-refractivity contribution in [1.82, 2.24) is 9.21 Å². The molecular formula is C15H19ClN2O6S. The molecule has 0 bridgehead atoms. The SMILES string of the molecule is COc1c(C(=O)N(C)C)cc(Cl)cc1S(=O)(=O)N1CCC[C@H]1C(=O)O. The van der Waals surface area contributed by atoms with Crippen molar-refractivity contribution in [3.63, 3.8) is 0 Å². The third-order valence-electron chi connectivity index (χ3n) is 3.94. The van der Waals surface area contributed by atoms with Gasteiger partial charge < -0.3 is 14.7 Å². The molecule has 0 radical (unpaired) electrons. The Hall–Kier alpha value is -1.84. The van der Waals surface area contributed by atoms with Crippen LogP contribution in [0.15, 0.2) is 17.0 Å². The Labute approximate surface area is 151 Å². The highest BCUT2D eigenvalue weighted by atomic mass is 35.5. The fourth-order valence-electron chi connectivity index (χ4n) is 2.77. The number of methoxy groups -OCH3 is 1. The van der Waals surface area contributed by atoms with E-state index in [0.717, 1.165) is 4.31 Å². The molecule has 1 heterocycles. The molecule has 8 nitrogen and oxygen atoms in total. The number of nitrogens with zero attached hydrogens (tertiary/aromatic N) is 2. The number of benzene rings is 1. The van der Waals surface area contributed by atoms with Gasteiger partial charge in [0, 0.05) is 25.7 Å². The molecule has 2 rings (SSSR count).